The lowest BCUT2D eigenvalue weighted by molar-refractivity contribution is 1.19. The van der Waals surface area contributed by atoms with Crippen LogP contribution in [0, 0.1) is 0 Å². The lowest BCUT2D eigenvalue weighted by Crippen LogP contribution is -1.96. The molecule has 0 amide bonds. The number of benzene rings is 9. The minimum atomic E-state index is 0.856. The number of fused-ring (bicyclic) bond motifs is 7. The van der Waals surface area contributed by atoms with Gasteiger partial charge in [0.2, 0.25) is 0 Å². The first-order valence-electron chi connectivity index (χ1n) is 20.3. The van der Waals surface area contributed by atoms with Gasteiger partial charge >= 0.3 is 0 Å². The average molecular weight is 782 g/mol. The van der Waals surface area contributed by atoms with Crippen molar-refractivity contribution in [3.8, 4) is 61.6 Å². The van der Waals surface area contributed by atoms with E-state index in [-0.39, 0.29) is 0 Å². The van der Waals surface area contributed by atoms with Crippen LogP contribution in [-0.4, -0.2) is 14.5 Å². The Labute approximate surface area is 351 Å². The van der Waals surface area contributed by atoms with Crippen molar-refractivity contribution in [2.24, 2.45) is 0 Å². The Balaban J connectivity index is 0.998. The summed E-state index contributed by atoms with van der Waals surface area (Å²) in [6.45, 7) is 0. The van der Waals surface area contributed by atoms with E-state index >= 15 is 0 Å². The van der Waals surface area contributed by atoms with Gasteiger partial charge < -0.3 is 4.57 Å². The third kappa shape index (κ3) is 5.80. The van der Waals surface area contributed by atoms with Crippen LogP contribution in [0.2, 0.25) is 0 Å². The fourth-order valence-electron chi connectivity index (χ4n) is 8.82. The van der Waals surface area contributed by atoms with Gasteiger partial charge in [-0.05, 0) is 81.9 Å². The first kappa shape index (κ1) is 34.4. The number of nitrogens with zero attached hydrogens (tertiary/aromatic N) is 3. The van der Waals surface area contributed by atoms with E-state index in [0.29, 0.717) is 0 Å². The summed E-state index contributed by atoms with van der Waals surface area (Å²) < 4.78 is 5.04. The second-order valence-corrected chi connectivity index (χ2v) is 16.5. The predicted octanol–water partition coefficient (Wildman–Crippen LogP) is 15.4. The van der Waals surface area contributed by atoms with E-state index < -0.39 is 0 Å². The van der Waals surface area contributed by atoms with E-state index in [1.165, 1.54) is 64.2 Å². The van der Waals surface area contributed by atoms with E-state index in [9.17, 15) is 0 Å². The highest BCUT2D eigenvalue weighted by Gasteiger charge is 2.18. The topological polar surface area (TPSA) is 30.7 Å². The molecule has 280 valence electrons. The maximum absolute atomic E-state index is 5.44. The molecule has 0 spiro atoms. The van der Waals surface area contributed by atoms with Gasteiger partial charge in [0.1, 0.15) is 0 Å². The van der Waals surface area contributed by atoms with E-state index in [2.05, 4.69) is 217 Å². The fourth-order valence-corrected chi connectivity index (χ4v) is 9.91. The van der Waals surface area contributed by atoms with E-state index in [0.717, 1.165) is 50.4 Å². The first-order chi connectivity index (χ1) is 29.7. The average Bonchev–Trinajstić information content (AvgIpc) is 3.86. The van der Waals surface area contributed by atoms with Gasteiger partial charge in [0.25, 0.3) is 0 Å². The molecule has 3 heterocycles. The molecule has 0 fully saturated rings. The van der Waals surface area contributed by atoms with Crippen LogP contribution in [-0.2, 0) is 0 Å². The molecule has 60 heavy (non-hydrogen) atoms. The molecule has 0 aliphatic carbocycles. The minimum absolute atomic E-state index is 0.856. The molecule has 0 radical (unpaired) electrons. The number of hydrogen-bond donors (Lipinski definition) is 0. The summed E-state index contributed by atoms with van der Waals surface area (Å²) in [5, 5.41) is 5.07. The van der Waals surface area contributed by atoms with Crippen LogP contribution in [0.3, 0.4) is 0 Å². The van der Waals surface area contributed by atoms with Crippen LogP contribution in [0.1, 0.15) is 0 Å². The van der Waals surface area contributed by atoms with Crippen molar-refractivity contribution < 1.29 is 0 Å². The van der Waals surface area contributed by atoms with Crippen LogP contribution < -0.4 is 0 Å². The lowest BCUT2D eigenvalue weighted by atomic mass is 9.98. The Bertz CT molecular complexity index is 3570. The second kappa shape index (κ2) is 14.0. The van der Waals surface area contributed by atoms with Gasteiger partial charge in [0.05, 0.1) is 33.5 Å². The van der Waals surface area contributed by atoms with Crippen molar-refractivity contribution in [2.45, 2.75) is 0 Å². The van der Waals surface area contributed by atoms with Crippen molar-refractivity contribution in [3.05, 3.63) is 212 Å². The zero-order valence-electron chi connectivity index (χ0n) is 32.5. The van der Waals surface area contributed by atoms with Crippen molar-refractivity contribution in [3.63, 3.8) is 0 Å². The Hall–Kier alpha value is -7.66. The number of para-hydroxylation sites is 1. The second-order valence-electron chi connectivity index (χ2n) is 15.4. The summed E-state index contributed by atoms with van der Waals surface area (Å²) in [5.74, 6) is 0. The molecule has 0 bridgehead atoms. The van der Waals surface area contributed by atoms with Gasteiger partial charge in [-0.3, -0.25) is 0 Å². The molecular formula is C56H35N3S. The van der Waals surface area contributed by atoms with Crippen LogP contribution in [0.25, 0.3) is 115 Å². The zero-order chi connectivity index (χ0) is 39.6. The first-order valence-corrected chi connectivity index (χ1v) is 21.1. The number of rotatable bonds is 6. The minimum Gasteiger partial charge on any atom is -0.309 e. The van der Waals surface area contributed by atoms with Crippen molar-refractivity contribution in [2.75, 3.05) is 0 Å². The van der Waals surface area contributed by atoms with Gasteiger partial charge in [0.15, 0.2) is 0 Å². The van der Waals surface area contributed by atoms with Gasteiger partial charge in [-0.1, -0.05) is 164 Å². The van der Waals surface area contributed by atoms with E-state index in [4.69, 9.17) is 9.97 Å². The largest absolute Gasteiger partial charge is 0.309 e. The van der Waals surface area contributed by atoms with Gasteiger partial charge in [-0.2, -0.15) is 0 Å². The molecule has 3 aromatic heterocycles. The lowest BCUT2D eigenvalue weighted by Gasteiger charge is -2.13. The molecule has 0 aliphatic rings. The molecule has 3 nitrogen and oxygen atoms in total. The summed E-state index contributed by atoms with van der Waals surface area (Å²) in [6, 6.07) is 76.1. The van der Waals surface area contributed by atoms with Gasteiger partial charge in [0, 0.05) is 47.8 Å². The molecule has 0 saturated carbocycles. The van der Waals surface area contributed by atoms with Crippen LogP contribution in [0.5, 0.6) is 0 Å². The normalized spacial score (nSPS) is 11.7. The Kier molecular flexibility index (Phi) is 8.03. The van der Waals surface area contributed by atoms with Crippen molar-refractivity contribution in [1.29, 1.82) is 0 Å². The molecule has 0 unspecified atom stereocenters. The number of thiophene rings is 1. The van der Waals surface area contributed by atoms with E-state index in [1.807, 2.05) is 11.3 Å². The molecule has 0 aliphatic heterocycles. The maximum Gasteiger partial charge on any atom is 0.0973 e. The molecule has 0 N–H and O–H groups in total. The number of aromatic nitrogens is 3. The summed E-state index contributed by atoms with van der Waals surface area (Å²) in [7, 11) is 0. The number of hydrogen-bond acceptors (Lipinski definition) is 3. The van der Waals surface area contributed by atoms with Crippen LogP contribution in [0.4, 0.5) is 0 Å². The summed E-state index contributed by atoms with van der Waals surface area (Å²) in [6.07, 6.45) is 0. The van der Waals surface area contributed by atoms with Gasteiger partial charge in [-0.25, -0.2) is 9.97 Å². The maximum atomic E-state index is 5.44. The highest BCUT2D eigenvalue weighted by Crippen LogP contribution is 2.40. The molecule has 0 saturated heterocycles. The van der Waals surface area contributed by atoms with Gasteiger partial charge in [-0.15, -0.1) is 11.3 Å². The summed E-state index contributed by atoms with van der Waals surface area (Å²) in [4.78, 5) is 10.8. The Morgan fingerprint density at radius 2 is 0.800 bits per heavy atom. The standard InChI is InChI=1S/C56H35N3S/c1-3-11-36(12-4-1)38-19-23-40(24-20-38)55-56(41-25-21-39(22-26-41)37-13-5-2-6-14-37)58-50-33-42(28-31-49(50)57-55)43-27-30-46-45-15-7-9-17-51(45)59(52(46)34-43)44-29-32-54-48(35-44)47-16-8-10-18-53(47)60-54/h1-35H. The van der Waals surface area contributed by atoms with Crippen molar-refractivity contribution in [1.82, 2.24) is 14.5 Å². The molecule has 0 atom stereocenters. The molecule has 12 rings (SSSR count). The smallest absolute Gasteiger partial charge is 0.0973 e. The van der Waals surface area contributed by atoms with Crippen LogP contribution >= 0.6 is 11.3 Å². The molecular weight excluding hydrogens is 747 g/mol. The Morgan fingerprint density at radius 3 is 1.50 bits per heavy atom. The summed E-state index contributed by atoms with van der Waals surface area (Å²) >= 11 is 1.85. The highest BCUT2D eigenvalue weighted by atomic mass is 32.1. The molecule has 4 heteroatoms. The van der Waals surface area contributed by atoms with E-state index in [1.54, 1.807) is 0 Å². The van der Waals surface area contributed by atoms with Crippen molar-refractivity contribution >= 4 is 64.3 Å². The highest BCUT2D eigenvalue weighted by molar-refractivity contribution is 7.25. The zero-order valence-corrected chi connectivity index (χ0v) is 33.3. The predicted molar refractivity (Wildman–Crippen MR) is 254 cm³/mol. The SMILES string of the molecule is c1ccc(-c2ccc(-c3nc4ccc(-c5ccc6c7ccccc7n(-c7ccc8sc9ccccc9c8c7)c6c5)cc4nc3-c3ccc(-c4ccccc4)cc3)cc2)cc1. The fraction of sp³-hybridized carbons (Fsp3) is 0. The quantitative estimate of drug-likeness (QED) is 0.168. The molecule has 12 aromatic rings. The third-order valence-corrected chi connectivity index (χ3v) is 13.0. The summed E-state index contributed by atoms with van der Waals surface area (Å²) in [5.41, 5.74) is 16.0. The molecule has 9 aromatic carbocycles. The monoisotopic (exact) mass is 781 g/mol. The third-order valence-electron chi connectivity index (χ3n) is 11.8. The Morgan fingerprint density at radius 1 is 0.300 bits per heavy atom. The van der Waals surface area contributed by atoms with Crippen LogP contribution in [0.15, 0.2) is 212 Å².